The maximum atomic E-state index is 11.8. The summed E-state index contributed by atoms with van der Waals surface area (Å²) in [6, 6.07) is 0. The molecule has 4 heteroatoms. The molecule has 1 aliphatic carbocycles. The third kappa shape index (κ3) is 4.21. The molecule has 0 spiro atoms. The van der Waals surface area contributed by atoms with Crippen LogP contribution in [0.2, 0.25) is 0 Å². The highest BCUT2D eigenvalue weighted by Crippen LogP contribution is 2.30. The Labute approximate surface area is 96.6 Å². The van der Waals surface area contributed by atoms with Gasteiger partial charge in [-0.15, -0.1) is 0 Å². The molecule has 0 aromatic carbocycles. The number of hydrogen-bond acceptors (Lipinski definition) is 2. The van der Waals surface area contributed by atoms with E-state index in [0.29, 0.717) is 19.5 Å². The molecule has 92 valence electrons. The zero-order valence-corrected chi connectivity index (χ0v) is 9.95. The monoisotopic (exact) mass is 227 g/mol. The summed E-state index contributed by atoms with van der Waals surface area (Å²) in [7, 11) is 0. The number of carbonyl (C=O) groups is 2. The number of carboxylic acids is 1. The largest absolute Gasteiger partial charge is 0.481 e. The molecule has 4 nitrogen and oxygen atoms in total. The minimum absolute atomic E-state index is 0.0447. The number of hydrogen-bond donors (Lipinski definition) is 1. The SMILES string of the molecule is CCN(CCC(=O)O)C(=O)CCC1CCC1. The highest BCUT2D eigenvalue weighted by Gasteiger charge is 2.20. The first kappa shape index (κ1) is 13.0. The summed E-state index contributed by atoms with van der Waals surface area (Å²) >= 11 is 0. The summed E-state index contributed by atoms with van der Waals surface area (Å²) in [5, 5.41) is 8.57. The molecular weight excluding hydrogens is 206 g/mol. The van der Waals surface area contributed by atoms with Gasteiger partial charge in [0.1, 0.15) is 0 Å². The van der Waals surface area contributed by atoms with Crippen molar-refractivity contribution >= 4 is 11.9 Å². The zero-order chi connectivity index (χ0) is 12.0. The molecule has 0 bridgehead atoms. The lowest BCUT2D eigenvalue weighted by molar-refractivity contribution is -0.138. The van der Waals surface area contributed by atoms with Gasteiger partial charge >= 0.3 is 5.97 Å². The van der Waals surface area contributed by atoms with E-state index in [1.54, 1.807) is 4.90 Å². The predicted molar refractivity (Wildman–Crippen MR) is 61.1 cm³/mol. The molecule has 1 aliphatic rings. The minimum Gasteiger partial charge on any atom is -0.481 e. The van der Waals surface area contributed by atoms with E-state index in [9.17, 15) is 9.59 Å². The van der Waals surface area contributed by atoms with E-state index < -0.39 is 5.97 Å². The molecule has 1 fully saturated rings. The molecule has 0 aliphatic heterocycles. The summed E-state index contributed by atoms with van der Waals surface area (Å²) in [6.45, 7) is 2.84. The average Bonchev–Trinajstić information content (AvgIpc) is 2.15. The highest BCUT2D eigenvalue weighted by atomic mass is 16.4. The average molecular weight is 227 g/mol. The van der Waals surface area contributed by atoms with Crippen LogP contribution in [0.25, 0.3) is 0 Å². The van der Waals surface area contributed by atoms with E-state index in [2.05, 4.69) is 0 Å². The molecule has 0 unspecified atom stereocenters. The number of carboxylic acid groups (broad SMARTS) is 1. The Kier molecular flexibility index (Phi) is 5.29. The Morgan fingerprint density at radius 1 is 1.31 bits per heavy atom. The molecule has 1 rings (SSSR count). The van der Waals surface area contributed by atoms with Crippen LogP contribution >= 0.6 is 0 Å². The molecule has 0 heterocycles. The van der Waals surface area contributed by atoms with Crippen LogP contribution in [0.5, 0.6) is 0 Å². The fraction of sp³-hybridized carbons (Fsp3) is 0.833. The summed E-state index contributed by atoms with van der Waals surface area (Å²) in [4.78, 5) is 23.8. The third-order valence-electron chi connectivity index (χ3n) is 3.32. The maximum absolute atomic E-state index is 11.8. The van der Waals surface area contributed by atoms with Crippen molar-refractivity contribution in [3.8, 4) is 0 Å². The number of carbonyl (C=O) groups excluding carboxylic acids is 1. The fourth-order valence-electron chi connectivity index (χ4n) is 1.96. The van der Waals surface area contributed by atoms with Crippen molar-refractivity contribution in [3.05, 3.63) is 0 Å². The van der Waals surface area contributed by atoms with Crippen molar-refractivity contribution in [2.45, 2.75) is 45.4 Å². The molecule has 0 aromatic rings. The lowest BCUT2D eigenvalue weighted by atomic mass is 9.82. The maximum Gasteiger partial charge on any atom is 0.305 e. The van der Waals surface area contributed by atoms with Gasteiger partial charge in [-0.3, -0.25) is 9.59 Å². The molecule has 0 atom stereocenters. The van der Waals surface area contributed by atoms with Crippen LogP contribution in [-0.4, -0.2) is 35.0 Å². The second-order valence-electron chi connectivity index (χ2n) is 4.45. The molecule has 0 aromatic heterocycles. The molecular formula is C12H21NO3. The number of aliphatic carboxylic acids is 1. The van der Waals surface area contributed by atoms with Crippen LogP contribution in [0, 0.1) is 5.92 Å². The lowest BCUT2D eigenvalue weighted by Crippen LogP contribution is -2.33. The van der Waals surface area contributed by atoms with Crippen LogP contribution in [0.1, 0.15) is 45.4 Å². The van der Waals surface area contributed by atoms with Gasteiger partial charge in [-0.2, -0.15) is 0 Å². The van der Waals surface area contributed by atoms with E-state index >= 15 is 0 Å². The van der Waals surface area contributed by atoms with Crippen LogP contribution in [0.15, 0.2) is 0 Å². The number of nitrogens with zero attached hydrogens (tertiary/aromatic N) is 1. The molecule has 1 saturated carbocycles. The van der Waals surface area contributed by atoms with E-state index in [0.717, 1.165) is 12.3 Å². The van der Waals surface area contributed by atoms with Gasteiger partial charge in [0.05, 0.1) is 6.42 Å². The first-order valence-corrected chi connectivity index (χ1v) is 6.13. The van der Waals surface area contributed by atoms with Gasteiger partial charge in [0.15, 0.2) is 0 Å². The molecule has 1 amide bonds. The van der Waals surface area contributed by atoms with Crippen LogP contribution < -0.4 is 0 Å². The van der Waals surface area contributed by atoms with Crippen molar-refractivity contribution < 1.29 is 14.7 Å². The Bertz CT molecular complexity index is 249. The van der Waals surface area contributed by atoms with Gasteiger partial charge in [0.2, 0.25) is 5.91 Å². The first-order valence-electron chi connectivity index (χ1n) is 6.13. The third-order valence-corrected chi connectivity index (χ3v) is 3.32. The van der Waals surface area contributed by atoms with Gasteiger partial charge in [0, 0.05) is 19.5 Å². The van der Waals surface area contributed by atoms with Crippen molar-refractivity contribution in [1.82, 2.24) is 4.90 Å². The summed E-state index contributed by atoms with van der Waals surface area (Å²) in [5.41, 5.74) is 0. The van der Waals surface area contributed by atoms with Crippen LogP contribution in [0.4, 0.5) is 0 Å². The minimum atomic E-state index is -0.842. The van der Waals surface area contributed by atoms with Gasteiger partial charge < -0.3 is 10.0 Å². The van der Waals surface area contributed by atoms with Crippen molar-refractivity contribution in [2.75, 3.05) is 13.1 Å². The van der Waals surface area contributed by atoms with Crippen LogP contribution in [0.3, 0.4) is 0 Å². The molecule has 1 N–H and O–H groups in total. The second-order valence-corrected chi connectivity index (χ2v) is 4.45. The Balaban J connectivity index is 2.21. The normalized spacial score (nSPS) is 15.6. The van der Waals surface area contributed by atoms with Gasteiger partial charge in [-0.1, -0.05) is 19.3 Å². The first-order chi connectivity index (χ1) is 7.63. The standard InChI is InChI=1S/C12H21NO3/c1-2-13(9-8-12(15)16)11(14)7-6-10-4-3-5-10/h10H,2-9H2,1H3,(H,15,16). The number of amides is 1. The number of rotatable bonds is 7. The smallest absolute Gasteiger partial charge is 0.305 e. The predicted octanol–water partition coefficient (Wildman–Crippen LogP) is 1.89. The molecule has 0 saturated heterocycles. The van der Waals surface area contributed by atoms with Crippen molar-refractivity contribution in [1.29, 1.82) is 0 Å². The topological polar surface area (TPSA) is 57.6 Å². The van der Waals surface area contributed by atoms with Gasteiger partial charge in [-0.25, -0.2) is 0 Å². The Morgan fingerprint density at radius 3 is 2.44 bits per heavy atom. The quantitative estimate of drug-likeness (QED) is 0.722. The highest BCUT2D eigenvalue weighted by molar-refractivity contribution is 5.77. The van der Waals surface area contributed by atoms with Gasteiger partial charge in [0.25, 0.3) is 0 Å². The van der Waals surface area contributed by atoms with E-state index in [1.165, 1.54) is 19.3 Å². The Hall–Kier alpha value is -1.06. The lowest BCUT2D eigenvalue weighted by Gasteiger charge is -2.26. The zero-order valence-electron chi connectivity index (χ0n) is 9.95. The van der Waals surface area contributed by atoms with Crippen molar-refractivity contribution in [2.24, 2.45) is 5.92 Å². The van der Waals surface area contributed by atoms with E-state index in [1.807, 2.05) is 6.92 Å². The summed E-state index contributed by atoms with van der Waals surface area (Å²) in [5.74, 6) is 0.00280. The van der Waals surface area contributed by atoms with E-state index in [4.69, 9.17) is 5.11 Å². The molecule has 0 radical (unpaired) electrons. The van der Waals surface area contributed by atoms with Gasteiger partial charge in [-0.05, 0) is 19.3 Å². The van der Waals surface area contributed by atoms with Crippen molar-refractivity contribution in [3.63, 3.8) is 0 Å². The summed E-state index contributed by atoms with van der Waals surface area (Å²) in [6.07, 6.45) is 5.42. The summed E-state index contributed by atoms with van der Waals surface area (Å²) < 4.78 is 0. The van der Waals surface area contributed by atoms with E-state index in [-0.39, 0.29) is 12.3 Å². The Morgan fingerprint density at radius 2 is 2.00 bits per heavy atom. The van der Waals surface area contributed by atoms with Crippen LogP contribution in [-0.2, 0) is 9.59 Å². The second kappa shape index (κ2) is 6.51. The fourth-order valence-corrected chi connectivity index (χ4v) is 1.96. The molecule has 16 heavy (non-hydrogen) atoms.